The third-order valence-electron chi connectivity index (χ3n) is 3.48. The highest BCUT2D eigenvalue weighted by Crippen LogP contribution is 2.38. The molecule has 3 rings (SSSR count). The summed E-state index contributed by atoms with van der Waals surface area (Å²) in [6.45, 7) is 0.751. The number of methoxy groups -OCH3 is 1. The highest BCUT2D eigenvalue weighted by molar-refractivity contribution is 8.14. The summed E-state index contributed by atoms with van der Waals surface area (Å²) >= 11 is 14.0. The zero-order valence-electron chi connectivity index (χ0n) is 12.8. The fourth-order valence-corrected chi connectivity index (χ4v) is 3.63. The molecule has 0 unspecified atom stereocenters. The molecule has 0 saturated heterocycles. The van der Waals surface area contributed by atoms with Gasteiger partial charge in [0.2, 0.25) is 0 Å². The average Bonchev–Trinajstić information content (AvgIpc) is 3.09. The lowest BCUT2D eigenvalue weighted by atomic mass is 10.2. The molecular weight excluding hydrogens is 372 g/mol. The molecule has 0 spiro atoms. The van der Waals surface area contributed by atoms with Gasteiger partial charge in [0.15, 0.2) is 11.5 Å². The van der Waals surface area contributed by atoms with Crippen molar-refractivity contribution in [1.29, 1.82) is 0 Å². The van der Waals surface area contributed by atoms with E-state index in [1.807, 2.05) is 6.07 Å². The molecule has 1 heterocycles. The van der Waals surface area contributed by atoms with Gasteiger partial charge in [-0.25, -0.2) is 4.39 Å². The van der Waals surface area contributed by atoms with Gasteiger partial charge in [-0.3, -0.25) is 4.99 Å². The number of hydrogen-bond donors (Lipinski definition) is 0. The normalized spacial score (nSPS) is 13.8. The van der Waals surface area contributed by atoms with Crippen LogP contribution < -0.4 is 9.47 Å². The van der Waals surface area contributed by atoms with Gasteiger partial charge in [-0.1, -0.05) is 29.3 Å². The largest absolute Gasteiger partial charge is 0.493 e. The third-order valence-corrected chi connectivity index (χ3v) is 5.14. The fraction of sp³-hybridized carbons (Fsp3) is 0.235. The molecule has 0 atom stereocenters. The topological polar surface area (TPSA) is 30.8 Å². The van der Waals surface area contributed by atoms with E-state index in [2.05, 4.69) is 4.99 Å². The maximum absolute atomic E-state index is 13.9. The Morgan fingerprint density at radius 3 is 2.75 bits per heavy atom. The van der Waals surface area contributed by atoms with Crippen LogP contribution in [0.3, 0.4) is 0 Å². The minimum atomic E-state index is -0.425. The number of aliphatic imine (C=N–C) groups is 1. The number of ether oxygens (including phenoxy) is 2. The molecule has 126 valence electrons. The van der Waals surface area contributed by atoms with Crippen LogP contribution >= 0.6 is 35.0 Å². The van der Waals surface area contributed by atoms with E-state index in [-0.39, 0.29) is 12.2 Å². The van der Waals surface area contributed by atoms with Crippen LogP contribution in [0, 0.1) is 5.82 Å². The van der Waals surface area contributed by atoms with E-state index in [1.165, 1.54) is 13.2 Å². The van der Waals surface area contributed by atoms with E-state index in [0.717, 1.165) is 22.9 Å². The predicted molar refractivity (Wildman–Crippen MR) is 97.6 cm³/mol. The first kappa shape index (κ1) is 17.4. The monoisotopic (exact) mass is 385 g/mol. The van der Waals surface area contributed by atoms with Crippen LogP contribution in [0.15, 0.2) is 35.3 Å². The molecule has 0 fully saturated rings. The van der Waals surface area contributed by atoms with E-state index in [1.54, 1.807) is 30.0 Å². The van der Waals surface area contributed by atoms with Crippen LogP contribution in [0.4, 0.5) is 4.39 Å². The highest BCUT2D eigenvalue weighted by atomic mass is 35.5. The van der Waals surface area contributed by atoms with Gasteiger partial charge in [-0.2, -0.15) is 0 Å². The summed E-state index contributed by atoms with van der Waals surface area (Å²) in [5, 5.41) is 1.62. The van der Waals surface area contributed by atoms with Gasteiger partial charge >= 0.3 is 0 Å². The van der Waals surface area contributed by atoms with Gasteiger partial charge in [-0.15, -0.1) is 11.8 Å². The molecule has 3 nitrogen and oxygen atoms in total. The van der Waals surface area contributed by atoms with Crippen molar-refractivity contribution in [2.24, 2.45) is 4.99 Å². The Kier molecular flexibility index (Phi) is 5.54. The second-order valence-corrected chi connectivity index (χ2v) is 6.91. The standard InChI is InChI=1S/C17H14Cl2FNO2S/c1-22-15-8-10(17-21-5-6-24-17)7-13(19)16(15)23-9-11-12(18)3-2-4-14(11)20/h2-4,7-8H,5-6,9H2,1H3. The van der Waals surface area contributed by atoms with Crippen LogP contribution in [0.25, 0.3) is 0 Å². The summed E-state index contributed by atoms with van der Waals surface area (Å²) < 4.78 is 24.9. The molecule has 0 radical (unpaired) electrons. The lowest BCUT2D eigenvalue weighted by molar-refractivity contribution is 0.280. The molecule has 0 aromatic heterocycles. The van der Waals surface area contributed by atoms with Crippen LogP contribution in [-0.4, -0.2) is 24.5 Å². The lowest BCUT2D eigenvalue weighted by Gasteiger charge is -2.15. The Morgan fingerprint density at radius 1 is 1.25 bits per heavy atom. The SMILES string of the molecule is COc1cc(C2=NCCS2)cc(Cl)c1OCc1c(F)cccc1Cl. The van der Waals surface area contributed by atoms with E-state index in [0.29, 0.717) is 21.5 Å². The Balaban J connectivity index is 1.87. The second kappa shape index (κ2) is 7.64. The van der Waals surface area contributed by atoms with Crippen molar-refractivity contribution in [2.45, 2.75) is 6.61 Å². The molecule has 24 heavy (non-hydrogen) atoms. The summed E-state index contributed by atoms with van der Waals surface area (Å²) in [6.07, 6.45) is 0. The Hall–Kier alpha value is -1.43. The number of halogens is 3. The lowest BCUT2D eigenvalue weighted by Crippen LogP contribution is -2.03. The minimum Gasteiger partial charge on any atom is -0.493 e. The molecule has 0 saturated carbocycles. The third kappa shape index (κ3) is 3.63. The van der Waals surface area contributed by atoms with Gasteiger partial charge in [0.1, 0.15) is 12.4 Å². The van der Waals surface area contributed by atoms with Gasteiger partial charge in [0, 0.05) is 23.4 Å². The highest BCUT2D eigenvalue weighted by Gasteiger charge is 2.18. The summed E-state index contributed by atoms with van der Waals surface area (Å²) in [7, 11) is 1.53. The van der Waals surface area contributed by atoms with E-state index >= 15 is 0 Å². The zero-order valence-corrected chi connectivity index (χ0v) is 15.1. The maximum atomic E-state index is 13.9. The molecule has 1 aliphatic rings. The van der Waals surface area contributed by atoms with Gasteiger partial charge in [-0.05, 0) is 24.3 Å². The molecule has 0 bridgehead atoms. The van der Waals surface area contributed by atoms with Gasteiger partial charge in [0.25, 0.3) is 0 Å². The molecule has 7 heteroatoms. The number of thioether (sulfide) groups is 1. The van der Waals surface area contributed by atoms with Gasteiger partial charge < -0.3 is 9.47 Å². The summed E-state index contributed by atoms with van der Waals surface area (Å²) in [4.78, 5) is 4.43. The predicted octanol–water partition coefficient (Wildman–Crippen LogP) is 5.21. The molecule has 0 amide bonds. The van der Waals surface area contributed by atoms with Crippen molar-refractivity contribution >= 4 is 40.0 Å². The molecule has 0 aliphatic carbocycles. The number of hydrogen-bond acceptors (Lipinski definition) is 4. The summed E-state index contributed by atoms with van der Waals surface area (Å²) in [5.74, 6) is 1.36. The number of nitrogens with zero attached hydrogens (tertiary/aromatic N) is 1. The number of rotatable bonds is 5. The summed E-state index contributed by atoms with van der Waals surface area (Å²) in [6, 6.07) is 8.09. The van der Waals surface area contributed by atoms with Crippen LogP contribution in [0.1, 0.15) is 11.1 Å². The molecule has 0 N–H and O–H groups in total. The zero-order chi connectivity index (χ0) is 17.1. The van der Waals surface area contributed by atoms with Crippen molar-refractivity contribution in [3.8, 4) is 11.5 Å². The van der Waals surface area contributed by atoms with Crippen LogP contribution in [-0.2, 0) is 6.61 Å². The maximum Gasteiger partial charge on any atom is 0.180 e. The fourth-order valence-electron chi connectivity index (χ4n) is 2.31. The summed E-state index contributed by atoms with van der Waals surface area (Å²) in [5.41, 5.74) is 1.16. The first-order valence-electron chi connectivity index (χ1n) is 7.21. The van der Waals surface area contributed by atoms with Crippen molar-refractivity contribution in [1.82, 2.24) is 0 Å². The Labute approximate surface area is 153 Å². The van der Waals surface area contributed by atoms with Crippen LogP contribution in [0.5, 0.6) is 11.5 Å². The minimum absolute atomic E-state index is 0.0450. The molecule has 1 aliphatic heterocycles. The van der Waals surface area contributed by atoms with E-state index in [4.69, 9.17) is 32.7 Å². The van der Waals surface area contributed by atoms with Crippen LogP contribution in [0.2, 0.25) is 10.0 Å². The van der Waals surface area contributed by atoms with Crippen molar-refractivity contribution in [2.75, 3.05) is 19.4 Å². The molecular formula is C17H14Cl2FNO2S. The second-order valence-electron chi connectivity index (χ2n) is 5.01. The molecule has 2 aromatic rings. The van der Waals surface area contributed by atoms with Gasteiger partial charge in [0.05, 0.1) is 22.2 Å². The quantitative estimate of drug-likeness (QED) is 0.707. The van der Waals surface area contributed by atoms with Crippen molar-refractivity contribution < 1.29 is 13.9 Å². The molecule has 2 aromatic carbocycles. The Bertz CT molecular complexity index is 778. The first-order valence-corrected chi connectivity index (χ1v) is 8.95. The smallest absolute Gasteiger partial charge is 0.180 e. The van der Waals surface area contributed by atoms with Crippen molar-refractivity contribution in [3.05, 3.63) is 57.3 Å². The number of benzene rings is 2. The van der Waals surface area contributed by atoms with E-state index in [9.17, 15) is 4.39 Å². The average molecular weight is 386 g/mol. The first-order chi connectivity index (χ1) is 11.6. The Morgan fingerprint density at radius 2 is 2.08 bits per heavy atom. The van der Waals surface area contributed by atoms with Crippen molar-refractivity contribution in [3.63, 3.8) is 0 Å². The van der Waals surface area contributed by atoms with E-state index < -0.39 is 5.82 Å².